The number of amides is 1. The molecule has 3 aromatic carbocycles. The van der Waals surface area contributed by atoms with Crippen molar-refractivity contribution in [2.45, 2.75) is 74.6 Å². The number of nitrogens with one attached hydrogen (secondary N) is 1. The van der Waals surface area contributed by atoms with Crippen LogP contribution in [0.25, 0.3) is 0 Å². The van der Waals surface area contributed by atoms with Crippen LogP contribution >= 0.6 is 0 Å². The minimum atomic E-state index is -4.69. The summed E-state index contributed by atoms with van der Waals surface area (Å²) in [7, 11) is -4.37. The Hall–Kier alpha value is -3.41. The number of piperidine rings is 1. The average molecular weight is 642 g/mol. The van der Waals surface area contributed by atoms with Crippen molar-refractivity contribution >= 4 is 15.9 Å². The summed E-state index contributed by atoms with van der Waals surface area (Å²) in [5.74, 6) is 0.379. The number of halogens is 3. The topological polar surface area (TPSA) is 79.0 Å². The average Bonchev–Trinajstić information content (AvgIpc) is 3.01. The van der Waals surface area contributed by atoms with E-state index in [-0.39, 0.29) is 18.9 Å². The van der Waals surface area contributed by atoms with E-state index >= 15 is 0 Å². The first kappa shape index (κ1) is 31.6. The van der Waals surface area contributed by atoms with Gasteiger partial charge in [0.05, 0.1) is 28.6 Å². The molecule has 0 radical (unpaired) electrons. The summed E-state index contributed by atoms with van der Waals surface area (Å²) in [6.07, 6.45) is -0.287. The number of alkyl halides is 3. The summed E-state index contributed by atoms with van der Waals surface area (Å²) in [4.78, 5) is 15.8. The molecule has 3 heterocycles. The van der Waals surface area contributed by atoms with Gasteiger partial charge in [0.1, 0.15) is 5.75 Å². The number of fused-ring (bicyclic) bond motifs is 2. The third-order valence-corrected chi connectivity index (χ3v) is 11.2. The molecular weight excluding hydrogens is 603 g/mol. The molecule has 240 valence electrons. The zero-order valence-corrected chi connectivity index (χ0v) is 26.1. The quantitative estimate of drug-likeness (QED) is 0.333. The summed E-state index contributed by atoms with van der Waals surface area (Å²) >= 11 is 0. The lowest BCUT2D eigenvalue weighted by molar-refractivity contribution is -0.137. The van der Waals surface area contributed by atoms with Crippen LogP contribution in [0.15, 0.2) is 71.6 Å². The summed E-state index contributed by atoms with van der Waals surface area (Å²) in [6.45, 7) is 5.41. The first-order valence-corrected chi connectivity index (χ1v) is 16.9. The largest absolute Gasteiger partial charge is 0.493 e. The van der Waals surface area contributed by atoms with Crippen LogP contribution in [0.4, 0.5) is 13.2 Å². The number of sulfonamides is 1. The second-order valence-electron chi connectivity index (χ2n) is 12.5. The van der Waals surface area contributed by atoms with E-state index < -0.39 is 38.2 Å². The number of carbonyl (C=O) groups is 1. The molecule has 11 heteroatoms. The molecule has 7 nitrogen and oxygen atoms in total. The molecule has 6 rings (SSSR count). The minimum absolute atomic E-state index is 0.0429. The molecule has 1 fully saturated rings. The molecular formula is C34H38F3N3O4S. The number of hydrogen-bond acceptors (Lipinski definition) is 5. The maximum absolute atomic E-state index is 13.9. The predicted octanol–water partition coefficient (Wildman–Crippen LogP) is 6.18. The van der Waals surface area contributed by atoms with Crippen molar-refractivity contribution in [3.8, 4) is 5.75 Å². The molecule has 1 N–H and O–H groups in total. The normalized spacial score (nSPS) is 22.6. The van der Waals surface area contributed by atoms with E-state index in [1.807, 2.05) is 31.2 Å². The van der Waals surface area contributed by atoms with E-state index in [1.54, 1.807) is 12.1 Å². The van der Waals surface area contributed by atoms with Gasteiger partial charge in [-0.25, -0.2) is 8.42 Å². The zero-order valence-electron chi connectivity index (χ0n) is 25.3. The zero-order chi connectivity index (χ0) is 31.8. The van der Waals surface area contributed by atoms with Crippen molar-refractivity contribution in [3.63, 3.8) is 0 Å². The van der Waals surface area contributed by atoms with E-state index in [2.05, 4.69) is 16.3 Å². The van der Waals surface area contributed by atoms with Crippen LogP contribution in [-0.4, -0.2) is 49.8 Å². The first-order chi connectivity index (χ1) is 21.4. The van der Waals surface area contributed by atoms with Crippen LogP contribution < -0.4 is 10.1 Å². The maximum atomic E-state index is 13.9. The van der Waals surface area contributed by atoms with Crippen LogP contribution in [0.2, 0.25) is 0 Å². The molecule has 0 unspecified atom stereocenters. The molecule has 0 aliphatic carbocycles. The van der Waals surface area contributed by atoms with Crippen molar-refractivity contribution in [1.29, 1.82) is 0 Å². The highest BCUT2D eigenvalue weighted by atomic mass is 32.2. The molecule has 0 spiro atoms. The van der Waals surface area contributed by atoms with E-state index in [0.717, 1.165) is 54.2 Å². The van der Waals surface area contributed by atoms with Gasteiger partial charge in [0.2, 0.25) is 15.9 Å². The smallest absolute Gasteiger partial charge is 0.416 e. The fourth-order valence-electron chi connectivity index (χ4n) is 6.88. The first-order valence-electron chi connectivity index (χ1n) is 15.5. The Bertz CT molecular complexity index is 1670. The van der Waals surface area contributed by atoms with Crippen molar-refractivity contribution in [3.05, 3.63) is 94.5 Å². The van der Waals surface area contributed by atoms with E-state index in [1.165, 1.54) is 29.6 Å². The van der Waals surface area contributed by atoms with Gasteiger partial charge in [-0.1, -0.05) is 48.9 Å². The predicted molar refractivity (Wildman–Crippen MR) is 164 cm³/mol. The number of nitrogens with zero attached hydrogens (tertiary/aromatic N) is 2. The Balaban J connectivity index is 1.25. The fourth-order valence-corrected chi connectivity index (χ4v) is 8.53. The monoisotopic (exact) mass is 641 g/mol. The second-order valence-corrected chi connectivity index (χ2v) is 14.3. The van der Waals surface area contributed by atoms with Crippen molar-refractivity contribution in [1.82, 2.24) is 14.5 Å². The Labute approximate surface area is 262 Å². The van der Waals surface area contributed by atoms with E-state index in [0.29, 0.717) is 31.1 Å². The van der Waals surface area contributed by atoms with Gasteiger partial charge < -0.3 is 10.1 Å². The number of hydrogen-bond donors (Lipinski definition) is 1. The van der Waals surface area contributed by atoms with Crippen molar-refractivity contribution in [2.75, 3.05) is 26.2 Å². The van der Waals surface area contributed by atoms with Crippen molar-refractivity contribution < 1.29 is 31.1 Å². The van der Waals surface area contributed by atoms with Gasteiger partial charge in [-0.3, -0.25) is 9.69 Å². The molecule has 0 saturated carbocycles. The number of ether oxygens (including phenoxy) is 1. The van der Waals surface area contributed by atoms with Gasteiger partial charge >= 0.3 is 6.18 Å². The molecule has 1 saturated heterocycles. The fraction of sp³-hybridized carbons (Fsp3) is 0.441. The molecule has 3 aromatic rings. The van der Waals surface area contributed by atoms with Gasteiger partial charge in [-0.15, -0.1) is 0 Å². The SMILES string of the molecule is C[C@]1(NC(=O)C[C@H]2c3ccccc3CCN2S(=O)(=O)c2cccc(C(F)(F)F)c2)CCOc2cc(CN3CCCCC3)ccc21. The van der Waals surface area contributed by atoms with E-state index in [9.17, 15) is 26.4 Å². The van der Waals surface area contributed by atoms with Crippen LogP contribution in [0.5, 0.6) is 5.75 Å². The molecule has 3 aliphatic heterocycles. The maximum Gasteiger partial charge on any atom is 0.416 e. The van der Waals surface area contributed by atoms with Crippen molar-refractivity contribution in [2.24, 2.45) is 0 Å². The van der Waals surface area contributed by atoms with Gasteiger partial charge in [-0.05, 0) is 80.2 Å². The number of benzene rings is 3. The number of carbonyl (C=O) groups excluding carboxylic acids is 1. The van der Waals surface area contributed by atoms with Gasteiger partial charge in [0.15, 0.2) is 0 Å². The molecule has 2 atom stereocenters. The minimum Gasteiger partial charge on any atom is -0.493 e. The highest BCUT2D eigenvalue weighted by molar-refractivity contribution is 7.89. The lowest BCUT2D eigenvalue weighted by Gasteiger charge is -2.39. The molecule has 45 heavy (non-hydrogen) atoms. The Morgan fingerprint density at radius 1 is 1.00 bits per heavy atom. The Kier molecular flexibility index (Phi) is 8.71. The van der Waals surface area contributed by atoms with E-state index in [4.69, 9.17) is 4.74 Å². The number of likely N-dealkylation sites (tertiary alicyclic amines) is 1. The standard InChI is InChI=1S/C34H38F3N3O4S/c1-33(15-19-44-31-20-24(12-13-29(31)33)23-39-16-5-2-6-17-39)38-32(41)22-30-28-11-4-3-8-25(28)14-18-40(30)45(42,43)27-10-7-9-26(21-27)34(35,36)37/h3-4,7-13,20-21,30H,2,5-6,14-19,22-23H2,1H3,(H,38,41)/t30-,33-/m0/s1. The summed E-state index contributed by atoms with van der Waals surface area (Å²) in [5.41, 5.74) is 1.82. The summed E-state index contributed by atoms with van der Waals surface area (Å²) in [6, 6.07) is 16.3. The summed E-state index contributed by atoms with van der Waals surface area (Å²) < 4.78 is 75.3. The third-order valence-electron chi connectivity index (χ3n) is 9.28. The number of rotatable bonds is 7. The Morgan fingerprint density at radius 3 is 2.56 bits per heavy atom. The third kappa shape index (κ3) is 6.62. The summed E-state index contributed by atoms with van der Waals surface area (Å²) in [5, 5.41) is 3.17. The Morgan fingerprint density at radius 2 is 1.78 bits per heavy atom. The van der Waals surface area contributed by atoms with Gasteiger partial charge in [-0.2, -0.15) is 17.5 Å². The molecule has 1 amide bonds. The van der Waals surface area contributed by atoms with Crippen LogP contribution in [-0.2, 0) is 39.5 Å². The molecule has 0 bridgehead atoms. The lowest BCUT2D eigenvalue weighted by atomic mass is 9.85. The van der Waals surface area contributed by atoms with Crippen LogP contribution in [0.1, 0.15) is 72.9 Å². The second kappa shape index (κ2) is 12.4. The van der Waals surface area contributed by atoms with Crippen LogP contribution in [0, 0.1) is 0 Å². The van der Waals surface area contributed by atoms with Gasteiger partial charge in [0.25, 0.3) is 0 Å². The lowest BCUT2D eigenvalue weighted by Crippen LogP contribution is -2.48. The highest BCUT2D eigenvalue weighted by Crippen LogP contribution is 2.40. The van der Waals surface area contributed by atoms with Gasteiger partial charge in [0, 0.05) is 31.5 Å². The highest BCUT2D eigenvalue weighted by Gasteiger charge is 2.41. The molecule has 3 aliphatic rings. The van der Waals surface area contributed by atoms with Crippen LogP contribution in [0.3, 0.4) is 0 Å². The molecule has 0 aromatic heterocycles.